The van der Waals surface area contributed by atoms with Crippen LogP contribution in [0, 0.1) is 11.8 Å². The minimum Gasteiger partial charge on any atom is -0.356 e. The fraction of sp³-hybridized carbons (Fsp3) is 0.345. The van der Waals surface area contributed by atoms with Crippen LogP contribution in [-0.2, 0) is 22.6 Å². The molecular weight excluding hydrogens is 530 g/mol. The summed E-state index contributed by atoms with van der Waals surface area (Å²) in [6.45, 7) is 1.16. The fourth-order valence-corrected chi connectivity index (χ4v) is 6.33. The van der Waals surface area contributed by atoms with Gasteiger partial charge in [0.25, 0.3) is 5.56 Å². The summed E-state index contributed by atoms with van der Waals surface area (Å²) in [6.07, 6.45) is 5.79. The highest BCUT2D eigenvalue weighted by molar-refractivity contribution is 7.99. The average molecular weight is 562 g/mol. The van der Waals surface area contributed by atoms with Crippen LogP contribution in [0.5, 0.6) is 0 Å². The number of benzene rings is 2. The lowest BCUT2D eigenvalue weighted by atomic mass is 9.81. The Bertz CT molecular complexity index is 1470. The third-order valence-corrected chi connectivity index (χ3v) is 8.72. The molecule has 1 saturated carbocycles. The van der Waals surface area contributed by atoms with Gasteiger partial charge in [0, 0.05) is 30.6 Å². The van der Waals surface area contributed by atoms with Gasteiger partial charge in [-0.3, -0.25) is 19.0 Å². The average Bonchev–Trinajstić information content (AvgIpc) is 3.47. The molecule has 0 bridgehead atoms. The fourth-order valence-electron chi connectivity index (χ4n) is 4.97. The first kappa shape index (κ1) is 27.1. The Morgan fingerprint density at radius 2 is 1.79 bits per heavy atom. The number of carbonyl (C=O) groups is 2. The first-order chi connectivity index (χ1) is 19.1. The lowest BCUT2D eigenvalue weighted by molar-refractivity contribution is -0.126. The molecule has 2 heterocycles. The van der Waals surface area contributed by atoms with E-state index >= 15 is 0 Å². The number of hydrogen-bond acceptors (Lipinski definition) is 7. The van der Waals surface area contributed by atoms with Gasteiger partial charge in [0.2, 0.25) is 11.8 Å². The van der Waals surface area contributed by atoms with E-state index in [4.69, 9.17) is 4.98 Å². The van der Waals surface area contributed by atoms with Crippen LogP contribution in [0.2, 0.25) is 0 Å². The molecule has 202 valence electrons. The van der Waals surface area contributed by atoms with Gasteiger partial charge in [-0.1, -0.05) is 54.2 Å². The van der Waals surface area contributed by atoms with E-state index in [0.717, 1.165) is 32.1 Å². The number of thioether (sulfide) groups is 1. The van der Waals surface area contributed by atoms with Crippen LogP contribution < -0.4 is 16.2 Å². The highest BCUT2D eigenvalue weighted by Gasteiger charge is 2.27. The number of rotatable bonds is 10. The predicted octanol–water partition coefficient (Wildman–Crippen LogP) is 4.75. The van der Waals surface area contributed by atoms with Crippen molar-refractivity contribution >= 4 is 50.9 Å². The zero-order chi connectivity index (χ0) is 27.0. The zero-order valence-corrected chi connectivity index (χ0v) is 23.2. The summed E-state index contributed by atoms with van der Waals surface area (Å²) in [4.78, 5) is 47.5. The molecule has 1 aliphatic rings. The van der Waals surface area contributed by atoms with E-state index in [1.165, 1.54) is 28.7 Å². The molecule has 0 unspecified atom stereocenters. The van der Waals surface area contributed by atoms with Crippen molar-refractivity contribution in [1.29, 1.82) is 0 Å². The summed E-state index contributed by atoms with van der Waals surface area (Å²) in [5, 5.41) is 9.33. The van der Waals surface area contributed by atoms with Crippen LogP contribution in [-0.4, -0.2) is 38.6 Å². The number of nitrogens with zero attached hydrogens (tertiary/aromatic N) is 3. The van der Waals surface area contributed by atoms with E-state index in [2.05, 4.69) is 27.8 Å². The number of aromatic nitrogens is 3. The first-order valence-corrected chi connectivity index (χ1v) is 15.1. The van der Waals surface area contributed by atoms with Crippen LogP contribution >= 0.6 is 23.1 Å². The molecule has 0 spiro atoms. The number of fused-ring (bicyclic) bond motifs is 1. The van der Waals surface area contributed by atoms with Crippen molar-refractivity contribution in [3.8, 4) is 0 Å². The standard InChI is InChI=1S/C29H31N5O3S2/c35-25(33-28-31-16-17-38-28)19-39-29-32-24-9-5-4-8-23(24)27(37)34(29)18-21-10-12-22(13-11-21)26(36)30-15-14-20-6-2-1-3-7-20/h1-9,16-17,21-22H,10-15,18-19H2,(H,30,36)(H,31,33,35). The Hall–Kier alpha value is -3.50. The number of carbonyl (C=O) groups excluding carboxylic acids is 2. The molecule has 2 amide bonds. The van der Waals surface area contributed by atoms with Gasteiger partial charge in [-0.2, -0.15) is 0 Å². The third kappa shape index (κ3) is 7.13. The van der Waals surface area contributed by atoms with Crippen molar-refractivity contribution in [2.75, 3.05) is 17.6 Å². The summed E-state index contributed by atoms with van der Waals surface area (Å²) in [7, 11) is 0. The van der Waals surface area contributed by atoms with E-state index < -0.39 is 0 Å². The lowest BCUT2D eigenvalue weighted by Gasteiger charge is -2.28. The quantitative estimate of drug-likeness (QED) is 0.214. The number of nitrogens with one attached hydrogen (secondary N) is 2. The lowest BCUT2D eigenvalue weighted by Crippen LogP contribution is -2.35. The molecule has 0 saturated heterocycles. The van der Waals surface area contributed by atoms with Gasteiger partial charge in [-0.25, -0.2) is 9.97 Å². The molecule has 1 fully saturated rings. The van der Waals surface area contributed by atoms with Gasteiger partial charge in [-0.15, -0.1) is 11.3 Å². The van der Waals surface area contributed by atoms with E-state index in [1.54, 1.807) is 22.2 Å². The zero-order valence-electron chi connectivity index (χ0n) is 21.5. The van der Waals surface area contributed by atoms with Gasteiger partial charge in [-0.05, 0) is 55.7 Å². The molecule has 10 heteroatoms. The number of hydrogen-bond donors (Lipinski definition) is 2. The molecule has 1 aliphatic carbocycles. The van der Waals surface area contributed by atoms with E-state index in [1.807, 2.05) is 36.4 Å². The van der Waals surface area contributed by atoms with Gasteiger partial charge >= 0.3 is 0 Å². The summed E-state index contributed by atoms with van der Waals surface area (Å²) >= 11 is 2.62. The van der Waals surface area contributed by atoms with Crippen LogP contribution in [0.25, 0.3) is 10.9 Å². The summed E-state index contributed by atoms with van der Waals surface area (Å²) < 4.78 is 1.72. The number of anilines is 1. The topological polar surface area (TPSA) is 106 Å². The molecule has 0 aliphatic heterocycles. The first-order valence-electron chi connectivity index (χ1n) is 13.2. The minimum absolute atomic E-state index is 0.00637. The molecule has 39 heavy (non-hydrogen) atoms. The van der Waals surface area contributed by atoms with Crippen LogP contribution in [0.4, 0.5) is 5.13 Å². The van der Waals surface area contributed by atoms with Gasteiger partial charge < -0.3 is 10.6 Å². The van der Waals surface area contributed by atoms with E-state index in [9.17, 15) is 14.4 Å². The van der Waals surface area contributed by atoms with Crippen molar-refractivity contribution < 1.29 is 9.59 Å². The van der Waals surface area contributed by atoms with Gasteiger partial charge in [0.15, 0.2) is 10.3 Å². The second-order valence-corrected chi connectivity index (χ2v) is 11.6. The summed E-state index contributed by atoms with van der Waals surface area (Å²) in [5.74, 6) is 0.328. The minimum atomic E-state index is -0.192. The Kier molecular flexibility index (Phi) is 9.05. The van der Waals surface area contributed by atoms with Crippen molar-refractivity contribution in [3.63, 3.8) is 0 Å². The van der Waals surface area contributed by atoms with Crippen LogP contribution in [0.15, 0.2) is 76.1 Å². The molecule has 8 nitrogen and oxygen atoms in total. The van der Waals surface area contributed by atoms with Gasteiger partial charge in [0.1, 0.15) is 0 Å². The number of thiazole rings is 1. The monoisotopic (exact) mass is 561 g/mol. The molecule has 2 aromatic carbocycles. The van der Waals surface area contributed by atoms with Crippen molar-refractivity contribution in [2.24, 2.45) is 11.8 Å². The predicted molar refractivity (Wildman–Crippen MR) is 156 cm³/mol. The second kappa shape index (κ2) is 13.0. The maximum Gasteiger partial charge on any atom is 0.262 e. The van der Waals surface area contributed by atoms with Crippen LogP contribution in [0.1, 0.15) is 31.2 Å². The van der Waals surface area contributed by atoms with Crippen LogP contribution in [0.3, 0.4) is 0 Å². The van der Waals surface area contributed by atoms with E-state index in [0.29, 0.717) is 34.3 Å². The third-order valence-electron chi connectivity index (χ3n) is 7.05. The largest absolute Gasteiger partial charge is 0.356 e. The van der Waals surface area contributed by atoms with E-state index in [-0.39, 0.29) is 35.0 Å². The highest BCUT2D eigenvalue weighted by atomic mass is 32.2. The molecule has 2 N–H and O–H groups in total. The SMILES string of the molecule is O=C(CSc1nc2ccccc2c(=O)n1CC1CCC(C(=O)NCCc2ccccc2)CC1)Nc1nccs1. The normalized spacial score (nSPS) is 17.1. The molecule has 5 rings (SSSR count). The molecule has 4 aromatic rings. The molecular formula is C29H31N5O3S2. The van der Waals surface area contributed by atoms with Crippen molar-refractivity contribution in [3.05, 3.63) is 82.1 Å². The number of amides is 2. The van der Waals surface area contributed by atoms with Gasteiger partial charge in [0.05, 0.1) is 16.7 Å². The molecule has 2 aromatic heterocycles. The smallest absolute Gasteiger partial charge is 0.262 e. The Balaban J connectivity index is 1.20. The van der Waals surface area contributed by atoms with Crippen molar-refractivity contribution in [1.82, 2.24) is 19.9 Å². The number of para-hydroxylation sites is 1. The van der Waals surface area contributed by atoms with Crippen molar-refractivity contribution in [2.45, 2.75) is 43.8 Å². The maximum absolute atomic E-state index is 13.5. The molecule has 0 radical (unpaired) electrons. The Morgan fingerprint density at radius 1 is 1.03 bits per heavy atom. The summed E-state index contributed by atoms with van der Waals surface area (Å²) in [6, 6.07) is 17.5. The maximum atomic E-state index is 13.5. The Morgan fingerprint density at radius 3 is 2.56 bits per heavy atom. The molecule has 0 atom stereocenters. The Labute approximate surface area is 235 Å². The second-order valence-electron chi connectivity index (χ2n) is 9.75. The highest BCUT2D eigenvalue weighted by Crippen LogP contribution is 2.31. The summed E-state index contributed by atoms with van der Waals surface area (Å²) in [5.41, 5.74) is 1.74.